The third kappa shape index (κ3) is 8.01. The van der Waals surface area contributed by atoms with E-state index in [0.29, 0.717) is 22.4 Å². The molecule has 0 fully saturated rings. The number of carbonyl (C=O) groups excluding carboxylic acids is 2. The van der Waals surface area contributed by atoms with Crippen LogP contribution in [0, 0.1) is 0 Å². The fourth-order valence-electron chi connectivity index (χ4n) is 3.94. The molecule has 1 N–H and O–H groups in total. The molecule has 7 nitrogen and oxygen atoms in total. The van der Waals surface area contributed by atoms with E-state index in [4.69, 9.17) is 11.6 Å². The number of benzene rings is 3. The summed E-state index contributed by atoms with van der Waals surface area (Å²) in [6, 6.07) is 16.8. The fraction of sp³-hybridized carbons (Fsp3) is 0.310. The minimum Gasteiger partial charge on any atom is -0.352 e. The Morgan fingerprint density at radius 1 is 0.951 bits per heavy atom. The van der Waals surface area contributed by atoms with Gasteiger partial charge in [-0.1, -0.05) is 67.1 Å². The molecule has 0 heterocycles. The van der Waals surface area contributed by atoms with E-state index in [1.165, 1.54) is 36.1 Å². The van der Waals surface area contributed by atoms with Crippen molar-refractivity contribution in [3.8, 4) is 0 Å². The number of sulfonamides is 1. The van der Waals surface area contributed by atoms with E-state index in [1.54, 1.807) is 43.3 Å². The third-order valence-corrected chi connectivity index (χ3v) is 8.61. The van der Waals surface area contributed by atoms with Crippen molar-refractivity contribution < 1.29 is 31.2 Å². The molecule has 3 aromatic carbocycles. The van der Waals surface area contributed by atoms with Crippen molar-refractivity contribution in [3.63, 3.8) is 0 Å². The van der Waals surface area contributed by atoms with Crippen LogP contribution in [0.25, 0.3) is 0 Å². The van der Waals surface area contributed by atoms with Gasteiger partial charge >= 0.3 is 6.18 Å². The predicted octanol–water partition coefficient (Wildman–Crippen LogP) is 5.89. The summed E-state index contributed by atoms with van der Waals surface area (Å²) < 4.78 is 69.0. The first-order valence-corrected chi connectivity index (χ1v) is 14.7. The van der Waals surface area contributed by atoms with Crippen molar-refractivity contribution in [2.75, 3.05) is 10.8 Å². The smallest absolute Gasteiger partial charge is 0.352 e. The van der Waals surface area contributed by atoms with E-state index < -0.39 is 51.9 Å². The molecular weight excluding hydrogens is 579 g/mol. The van der Waals surface area contributed by atoms with Crippen LogP contribution in [0.5, 0.6) is 0 Å². The average molecular weight is 610 g/mol. The zero-order chi connectivity index (χ0) is 30.4. The summed E-state index contributed by atoms with van der Waals surface area (Å²) in [5.74, 6) is -1.27. The average Bonchev–Trinajstić information content (AvgIpc) is 2.94. The Balaban J connectivity index is 2.11. The van der Waals surface area contributed by atoms with Crippen molar-refractivity contribution in [2.45, 2.75) is 56.9 Å². The first-order chi connectivity index (χ1) is 19.3. The quantitative estimate of drug-likeness (QED) is 0.294. The van der Waals surface area contributed by atoms with Crippen LogP contribution in [-0.4, -0.2) is 43.8 Å². The Hall–Kier alpha value is -3.57. The number of amides is 2. The molecule has 0 spiro atoms. The van der Waals surface area contributed by atoms with Gasteiger partial charge in [0.2, 0.25) is 11.8 Å². The molecule has 0 unspecified atom stereocenters. The molecule has 0 aliphatic heterocycles. The summed E-state index contributed by atoms with van der Waals surface area (Å²) in [7, 11) is -4.58. The van der Waals surface area contributed by atoms with E-state index in [-0.39, 0.29) is 22.5 Å². The van der Waals surface area contributed by atoms with Crippen LogP contribution in [0.15, 0.2) is 83.8 Å². The molecule has 2 amide bonds. The van der Waals surface area contributed by atoms with Gasteiger partial charge in [-0.05, 0) is 56.2 Å². The highest BCUT2D eigenvalue weighted by Crippen LogP contribution is 2.37. The molecule has 220 valence electrons. The first-order valence-electron chi connectivity index (χ1n) is 12.8. The third-order valence-electron chi connectivity index (χ3n) is 6.52. The lowest BCUT2D eigenvalue weighted by Gasteiger charge is -2.32. The number of nitrogens with zero attached hydrogens (tertiary/aromatic N) is 2. The first kappa shape index (κ1) is 32.0. The molecule has 0 aromatic heterocycles. The maximum absolute atomic E-state index is 13.9. The van der Waals surface area contributed by atoms with Gasteiger partial charge < -0.3 is 10.2 Å². The summed E-state index contributed by atoms with van der Waals surface area (Å²) in [4.78, 5) is 27.9. The van der Waals surface area contributed by atoms with E-state index in [0.717, 1.165) is 12.1 Å². The Morgan fingerprint density at radius 3 is 2.10 bits per heavy atom. The number of rotatable bonds is 11. The standard InChI is InChI=1S/C29H31ClF3N3O4S/c1-4-20(2)34-28(38)21(3)35(18-22-11-7-5-8-12-22)27(37)19-36(41(39,40)24-13-9-6-10-14-24)26-17-23(29(31,32)33)15-16-25(26)30/h5-17,20-21H,4,18-19H2,1-3H3,(H,34,38)/t20-,21+/m0/s1. The zero-order valence-electron chi connectivity index (χ0n) is 22.7. The molecule has 0 radical (unpaired) electrons. The van der Waals surface area contributed by atoms with Gasteiger partial charge in [0.1, 0.15) is 12.6 Å². The molecule has 0 saturated heterocycles. The summed E-state index contributed by atoms with van der Waals surface area (Å²) in [5, 5.41) is 2.51. The van der Waals surface area contributed by atoms with Crippen LogP contribution in [0.4, 0.5) is 18.9 Å². The SMILES string of the molecule is CC[C@H](C)NC(=O)[C@@H](C)N(Cc1ccccc1)C(=O)CN(c1cc(C(F)(F)F)ccc1Cl)S(=O)(=O)c1ccccc1. The Kier molecular flexibility index (Phi) is 10.4. The second-order valence-corrected chi connectivity index (χ2v) is 11.8. The number of alkyl halides is 3. The lowest BCUT2D eigenvalue weighted by Crippen LogP contribution is -2.52. The lowest BCUT2D eigenvalue weighted by atomic mass is 10.1. The van der Waals surface area contributed by atoms with Crippen molar-refractivity contribution in [2.24, 2.45) is 0 Å². The van der Waals surface area contributed by atoms with Crippen LogP contribution < -0.4 is 9.62 Å². The molecule has 3 aromatic rings. The molecule has 3 rings (SSSR count). The highest BCUT2D eigenvalue weighted by atomic mass is 35.5. The monoisotopic (exact) mass is 609 g/mol. The van der Waals surface area contributed by atoms with Gasteiger partial charge in [-0.15, -0.1) is 0 Å². The lowest BCUT2D eigenvalue weighted by molar-refractivity contribution is -0.139. The normalized spacial score (nSPS) is 13.2. The maximum Gasteiger partial charge on any atom is 0.416 e. The van der Waals surface area contributed by atoms with Crippen LogP contribution in [-0.2, 0) is 32.3 Å². The van der Waals surface area contributed by atoms with Gasteiger partial charge in [0.05, 0.1) is 21.2 Å². The molecule has 2 atom stereocenters. The molecule has 0 aliphatic rings. The second kappa shape index (κ2) is 13.4. The number of nitrogens with one attached hydrogen (secondary N) is 1. The number of carbonyl (C=O) groups is 2. The molecule has 0 aliphatic carbocycles. The Bertz CT molecular complexity index is 1460. The second-order valence-electron chi connectivity index (χ2n) is 9.49. The Labute approximate surface area is 243 Å². The van der Waals surface area contributed by atoms with E-state index in [1.807, 2.05) is 6.92 Å². The molecule has 12 heteroatoms. The fourth-order valence-corrected chi connectivity index (χ4v) is 5.66. The Morgan fingerprint density at radius 2 is 1.54 bits per heavy atom. The van der Waals surface area contributed by atoms with Crippen molar-refractivity contribution in [1.29, 1.82) is 0 Å². The summed E-state index contributed by atoms with van der Waals surface area (Å²) >= 11 is 6.25. The minimum atomic E-state index is -4.80. The van der Waals surface area contributed by atoms with Crippen molar-refractivity contribution >= 4 is 39.1 Å². The maximum atomic E-state index is 13.9. The molecule has 41 heavy (non-hydrogen) atoms. The van der Waals surface area contributed by atoms with Gasteiger partial charge in [-0.3, -0.25) is 13.9 Å². The zero-order valence-corrected chi connectivity index (χ0v) is 24.3. The summed E-state index contributed by atoms with van der Waals surface area (Å²) in [6.45, 7) is 4.23. The highest BCUT2D eigenvalue weighted by Gasteiger charge is 2.36. The summed E-state index contributed by atoms with van der Waals surface area (Å²) in [5.41, 5.74) is -0.992. The number of hydrogen-bond acceptors (Lipinski definition) is 4. The van der Waals surface area contributed by atoms with E-state index in [9.17, 15) is 31.2 Å². The van der Waals surface area contributed by atoms with Gasteiger partial charge in [0.15, 0.2) is 0 Å². The van der Waals surface area contributed by atoms with Gasteiger partial charge in [-0.25, -0.2) is 8.42 Å². The molecule has 0 bridgehead atoms. The largest absolute Gasteiger partial charge is 0.416 e. The topological polar surface area (TPSA) is 86.8 Å². The van der Waals surface area contributed by atoms with Gasteiger partial charge in [0.25, 0.3) is 10.0 Å². The van der Waals surface area contributed by atoms with Crippen molar-refractivity contribution in [1.82, 2.24) is 10.2 Å². The van der Waals surface area contributed by atoms with E-state index >= 15 is 0 Å². The highest BCUT2D eigenvalue weighted by molar-refractivity contribution is 7.92. The van der Waals surface area contributed by atoms with E-state index in [2.05, 4.69) is 5.32 Å². The minimum absolute atomic E-state index is 0.0513. The summed E-state index contributed by atoms with van der Waals surface area (Å²) in [6.07, 6.45) is -4.16. The van der Waals surface area contributed by atoms with Gasteiger partial charge in [0, 0.05) is 12.6 Å². The number of anilines is 1. The van der Waals surface area contributed by atoms with Gasteiger partial charge in [-0.2, -0.15) is 13.2 Å². The van der Waals surface area contributed by atoms with Crippen LogP contribution >= 0.6 is 11.6 Å². The van der Waals surface area contributed by atoms with Crippen LogP contribution in [0.2, 0.25) is 5.02 Å². The molecule has 0 saturated carbocycles. The van der Waals surface area contributed by atoms with Crippen molar-refractivity contribution in [3.05, 3.63) is 95.0 Å². The van der Waals surface area contributed by atoms with Crippen LogP contribution in [0.1, 0.15) is 38.3 Å². The van der Waals surface area contributed by atoms with Crippen LogP contribution in [0.3, 0.4) is 0 Å². The number of hydrogen-bond donors (Lipinski definition) is 1. The predicted molar refractivity (Wildman–Crippen MR) is 152 cm³/mol. The molecular formula is C29H31ClF3N3O4S. The number of halogens is 4.